The monoisotopic (exact) mass is 265 g/mol. The van der Waals surface area contributed by atoms with Crippen molar-refractivity contribution in [3.05, 3.63) is 29.8 Å². The highest BCUT2D eigenvalue weighted by Gasteiger charge is 2.13. The second-order valence-corrected chi connectivity index (χ2v) is 3.52. The fraction of sp³-hybridized carbons (Fsp3) is 0.231. The van der Waals surface area contributed by atoms with Crippen LogP contribution in [0.4, 0.5) is 5.69 Å². The van der Waals surface area contributed by atoms with Crippen LogP contribution in [0.3, 0.4) is 0 Å². The van der Waals surface area contributed by atoms with Crippen LogP contribution in [-0.2, 0) is 9.53 Å². The summed E-state index contributed by atoms with van der Waals surface area (Å²) in [5.74, 6) is -0.240. The van der Waals surface area contributed by atoms with Gasteiger partial charge in [0.1, 0.15) is 0 Å². The first-order valence-corrected chi connectivity index (χ1v) is 5.35. The van der Waals surface area contributed by atoms with Gasteiger partial charge in [-0.15, -0.1) is 0 Å². The Morgan fingerprint density at radius 3 is 2.16 bits per heavy atom. The number of ether oxygens (including phenoxy) is 3. The van der Waals surface area contributed by atoms with Crippen LogP contribution in [0.25, 0.3) is 0 Å². The molecule has 1 aromatic rings. The number of allylic oxidation sites excluding steroid dienone is 1. The summed E-state index contributed by atoms with van der Waals surface area (Å²) >= 11 is 0. The molecular formula is C13H15NO5. The van der Waals surface area contributed by atoms with Gasteiger partial charge in [0.15, 0.2) is 17.3 Å². The van der Waals surface area contributed by atoms with Gasteiger partial charge in [-0.1, -0.05) is 0 Å². The van der Waals surface area contributed by atoms with Gasteiger partial charge >= 0.3 is 5.97 Å². The number of rotatable bonds is 5. The minimum absolute atomic E-state index is 0.220. The highest BCUT2D eigenvalue weighted by atomic mass is 16.5. The zero-order chi connectivity index (χ0) is 14.4. The van der Waals surface area contributed by atoms with Crippen molar-refractivity contribution in [1.29, 1.82) is 0 Å². The van der Waals surface area contributed by atoms with Crippen LogP contribution in [-0.4, -0.2) is 33.1 Å². The van der Waals surface area contributed by atoms with Crippen LogP contribution in [0.2, 0.25) is 0 Å². The van der Waals surface area contributed by atoms with E-state index in [1.165, 1.54) is 33.5 Å². The number of anilines is 1. The van der Waals surface area contributed by atoms with Gasteiger partial charge in [0.05, 0.1) is 21.3 Å². The number of esters is 1. The fourth-order valence-corrected chi connectivity index (χ4v) is 1.41. The van der Waals surface area contributed by atoms with Gasteiger partial charge in [0, 0.05) is 23.4 Å². The molecule has 0 radical (unpaired) electrons. The molecule has 0 atom stereocenters. The molecule has 2 N–H and O–H groups in total. The second kappa shape index (κ2) is 6.44. The highest BCUT2D eigenvalue weighted by molar-refractivity contribution is 6.10. The van der Waals surface area contributed by atoms with E-state index in [0.29, 0.717) is 11.5 Å². The van der Waals surface area contributed by atoms with E-state index in [1.807, 2.05) is 0 Å². The van der Waals surface area contributed by atoms with Crippen molar-refractivity contribution in [2.75, 3.05) is 27.1 Å². The average molecular weight is 265 g/mol. The van der Waals surface area contributed by atoms with Gasteiger partial charge < -0.3 is 19.9 Å². The summed E-state index contributed by atoms with van der Waals surface area (Å²) in [4.78, 5) is 22.8. The Bertz CT molecular complexity index is 522. The largest absolute Gasteiger partial charge is 0.493 e. The molecule has 1 rings (SSSR count). The number of ketones is 1. The van der Waals surface area contributed by atoms with Crippen molar-refractivity contribution in [2.45, 2.75) is 0 Å². The van der Waals surface area contributed by atoms with E-state index in [-0.39, 0.29) is 11.3 Å². The molecule has 102 valence electrons. The summed E-state index contributed by atoms with van der Waals surface area (Å²) in [6.45, 7) is 0. The maximum absolute atomic E-state index is 11.9. The van der Waals surface area contributed by atoms with E-state index in [0.717, 1.165) is 12.2 Å². The number of hydrogen-bond donors (Lipinski definition) is 1. The second-order valence-electron chi connectivity index (χ2n) is 3.52. The molecule has 0 saturated carbocycles. The molecule has 0 bridgehead atoms. The number of carbonyl (C=O) groups is 2. The molecule has 19 heavy (non-hydrogen) atoms. The number of hydrogen-bond acceptors (Lipinski definition) is 6. The Morgan fingerprint density at radius 2 is 1.63 bits per heavy atom. The molecule has 1 aromatic carbocycles. The molecule has 0 heterocycles. The molecule has 6 nitrogen and oxygen atoms in total. The van der Waals surface area contributed by atoms with Crippen molar-refractivity contribution in [3.63, 3.8) is 0 Å². The first-order chi connectivity index (χ1) is 9.03. The predicted octanol–water partition coefficient (Wildman–Crippen LogP) is 1.20. The number of methoxy groups -OCH3 is 3. The topological polar surface area (TPSA) is 87.9 Å². The molecule has 0 spiro atoms. The van der Waals surface area contributed by atoms with Crippen LogP contribution in [0, 0.1) is 0 Å². The van der Waals surface area contributed by atoms with E-state index < -0.39 is 11.8 Å². The summed E-state index contributed by atoms with van der Waals surface area (Å²) in [5.41, 5.74) is 6.21. The number of nitrogens with two attached hydrogens (primary N) is 1. The molecule has 0 aliphatic heterocycles. The molecule has 0 unspecified atom stereocenters. The van der Waals surface area contributed by atoms with E-state index in [1.54, 1.807) is 0 Å². The summed E-state index contributed by atoms with van der Waals surface area (Å²) in [5, 5.41) is 0. The Labute approximate surface area is 110 Å². The van der Waals surface area contributed by atoms with Crippen molar-refractivity contribution in [1.82, 2.24) is 0 Å². The van der Waals surface area contributed by atoms with Gasteiger partial charge in [0.25, 0.3) is 0 Å². The van der Waals surface area contributed by atoms with Gasteiger partial charge in [-0.2, -0.15) is 0 Å². The minimum Gasteiger partial charge on any atom is -0.493 e. The lowest BCUT2D eigenvalue weighted by atomic mass is 10.1. The molecule has 0 fully saturated rings. The molecule has 0 aliphatic carbocycles. The van der Waals surface area contributed by atoms with E-state index in [2.05, 4.69) is 4.74 Å². The van der Waals surface area contributed by atoms with Gasteiger partial charge in [-0.05, 0) is 12.1 Å². The number of benzene rings is 1. The summed E-state index contributed by atoms with van der Waals surface area (Å²) in [6.07, 6.45) is 2.11. The molecule has 0 aromatic heterocycles. The third kappa shape index (κ3) is 3.48. The number of nitrogen functional groups attached to an aromatic ring is 1. The molecule has 0 amide bonds. The standard InChI is InChI=1S/C13H15NO5/c1-17-11-6-8(9(14)7-12(11)18-2)10(15)4-5-13(16)19-3/h4-7H,14H2,1-3H3/b5-4+. The summed E-state index contributed by atoms with van der Waals surface area (Å²) in [6, 6.07) is 2.94. The van der Waals surface area contributed by atoms with Crippen LogP contribution >= 0.6 is 0 Å². The zero-order valence-electron chi connectivity index (χ0n) is 10.9. The van der Waals surface area contributed by atoms with Gasteiger partial charge in [0.2, 0.25) is 0 Å². The first-order valence-electron chi connectivity index (χ1n) is 5.35. The average Bonchev–Trinajstić information content (AvgIpc) is 2.43. The van der Waals surface area contributed by atoms with Crippen molar-refractivity contribution >= 4 is 17.4 Å². The highest BCUT2D eigenvalue weighted by Crippen LogP contribution is 2.32. The third-order valence-corrected chi connectivity index (χ3v) is 2.39. The molecule has 0 aliphatic rings. The Hall–Kier alpha value is -2.50. The normalized spacial score (nSPS) is 10.3. The maximum Gasteiger partial charge on any atom is 0.330 e. The fourth-order valence-electron chi connectivity index (χ4n) is 1.41. The maximum atomic E-state index is 11.9. The molecule has 6 heteroatoms. The summed E-state index contributed by atoms with van der Waals surface area (Å²) in [7, 11) is 4.14. The van der Waals surface area contributed by atoms with Crippen LogP contribution in [0.15, 0.2) is 24.3 Å². The third-order valence-electron chi connectivity index (χ3n) is 2.39. The first kappa shape index (κ1) is 14.6. The van der Waals surface area contributed by atoms with Crippen molar-refractivity contribution in [2.24, 2.45) is 0 Å². The van der Waals surface area contributed by atoms with E-state index >= 15 is 0 Å². The van der Waals surface area contributed by atoms with Crippen molar-refractivity contribution in [3.8, 4) is 11.5 Å². The predicted molar refractivity (Wildman–Crippen MR) is 69.4 cm³/mol. The number of carbonyl (C=O) groups excluding carboxylic acids is 2. The van der Waals surface area contributed by atoms with Crippen LogP contribution < -0.4 is 15.2 Å². The summed E-state index contributed by atoms with van der Waals surface area (Å²) < 4.78 is 14.5. The zero-order valence-corrected chi connectivity index (χ0v) is 10.9. The van der Waals surface area contributed by atoms with Gasteiger partial charge in [-0.25, -0.2) is 4.79 Å². The Kier molecular flexibility index (Phi) is 4.93. The van der Waals surface area contributed by atoms with Crippen LogP contribution in [0.1, 0.15) is 10.4 Å². The van der Waals surface area contributed by atoms with E-state index in [4.69, 9.17) is 15.2 Å². The van der Waals surface area contributed by atoms with E-state index in [9.17, 15) is 9.59 Å². The smallest absolute Gasteiger partial charge is 0.330 e. The SMILES string of the molecule is COC(=O)/C=C/C(=O)c1cc(OC)c(OC)cc1N. The lowest BCUT2D eigenvalue weighted by Gasteiger charge is -2.10. The van der Waals surface area contributed by atoms with Crippen LogP contribution in [0.5, 0.6) is 11.5 Å². The lowest BCUT2D eigenvalue weighted by molar-refractivity contribution is -0.134. The minimum atomic E-state index is -0.618. The van der Waals surface area contributed by atoms with Gasteiger partial charge in [-0.3, -0.25) is 4.79 Å². The quantitative estimate of drug-likeness (QED) is 0.372. The lowest BCUT2D eigenvalue weighted by Crippen LogP contribution is -2.04. The molecular weight excluding hydrogens is 250 g/mol. The Morgan fingerprint density at radius 1 is 1.05 bits per heavy atom. The van der Waals surface area contributed by atoms with Crippen molar-refractivity contribution < 1.29 is 23.8 Å². The Balaban J connectivity index is 3.10. The molecule has 0 saturated heterocycles.